The van der Waals surface area contributed by atoms with Crippen molar-refractivity contribution in [2.45, 2.75) is 26.2 Å². The molecule has 0 radical (unpaired) electrons. The Morgan fingerprint density at radius 1 is 1.32 bits per heavy atom. The van der Waals surface area contributed by atoms with Crippen LogP contribution in [0, 0.1) is 17.3 Å². The Balaban J connectivity index is 1.61. The average Bonchev–Trinajstić information content (AvgIpc) is 2.91. The van der Waals surface area contributed by atoms with Crippen LogP contribution in [0.4, 0.5) is 0 Å². The lowest BCUT2D eigenvalue weighted by atomic mass is 9.74. The van der Waals surface area contributed by atoms with Gasteiger partial charge in [-0.2, -0.15) is 0 Å². The van der Waals surface area contributed by atoms with E-state index in [0.29, 0.717) is 39.3 Å². The molecule has 2 atom stereocenters. The molecule has 0 saturated carbocycles. The van der Waals surface area contributed by atoms with Gasteiger partial charge in [-0.3, -0.25) is 14.5 Å². The summed E-state index contributed by atoms with van der Waals surface area (Å²) in [4.78, 5) is 28.3. The Morgan fingerprint density at radius 2 is 2.05 bits per heavy atom. The van der Waals surface area contributed by atoms with Crippen molar-refractivity contribution < 1.29 is 19.4 Å². The molecular formula is C16H26N2O4. The van der Waals surface area contributed by atoms with E-state index >= 15 is 0 Å². The maximum Gasteiger partial charge on any atom is 0.311 e. The van der Waals surface area contributed by atoms with E-state index in [4.69, 9.17) is 4.74 Å². The lowest BCUT2D eigenvalue weighted by molar-refractivity contribution is -0.157. The van der Waals surface area contributed by atoms with E-state index in [0.717, 1.165) is 31.8 Å². The molecule has 6 heteroatoms. The van der Waals surface area contributed by atoms with Gasteiger partial charge < -0.3 is 14.7 Å². The molecule has 0 aromatic rings. The molecule has 3 heterocycles. The summed E-state index contributed by atoms with van der Waals surface area (Å²) in [6, 6.07) is 0. The number of rotatable bonds is 3. The third-order valence-corrected chi connectivity index (χ3v) is 5.72. The highest BCUT2D eigenvalue weighted by atomic mass is 16.5. The maximum absolute atomic E-state index is 12.6. The molecule has 0 spiro atoms. The van der Waals surface area contributed by atoms with E-state index in [1.807, 2.05) is 0 Å². The largest absolute Gasteiger partial charge is 0.481 e. The van der Waals surface area contributed by atoms with Crippen molar-refractivity contribution in [3.63, 3.8) is 0 Å². The van der Waals surface area contributed by atoms with Gasteiger partial charge in [0.2, 0.25) is 5.91 Å². The molecule has 3 rings (SSSR count). The monoisotopic (exact) mass is 310 g/mol. The van der Waals surface area contributed by atoms with Crippen LogP contribution in [0.1, 0.15) is 26.2 Å². The van der Waals surface area contributed by atoms with Gasteiger partial charge in [-0.15, -0.1) is 0 Å². The van der Waals surface area contributed by atoms with Crippen LogP contribution < -0.4 is 0 Å². The van der Waals surface area contributed by atoms with Gasteiger partial charge in [-0.05, 0) is 38.3 Å². The van der Waals surface area contributed by atoms with Crippen LogP contribution in [0.5, 0.6) is 0 Å². The smallest absolute Gasteiger partial charge is 0.311 e. The van der Waals surface area contributed by atoms with Crippen LogP contribution in [0.15, 0.2) is 0 Å². The Hall–Kier alpha value is -1.14. The molecule has 0 bridgehead atoms. The standard InChI is InChI=1S/C16H26N2O4/c1-12-2-5-17(6-3-12)9-14(19)18-8-13-10-22-7-4-16(13,11-18)15(20)21/h12-13H,2-11H2,1H3,(H,20,21)/t13-,16+/m1/s1. The Kier molecular flexibility index (Phi) is 4.41. The molecule has 1 N–H and O–H groups in total. The summed E-state index contributed by atoms with van der Waals surface area (Å²) in [5.74, 6) is -0.0232. The summed E-state index contributed by atoms with van der Waals surface area (Å²) < 4.78 is 5.44. The maximum atomic E-state index is 12.6. The topological polar surface area (TPSA) is 70.1 Å². The van der Waals surface area contributed by atoms with E-state index in [1.165, 1.54) is 0 Å². The van der Waals surface area contributed by atoms with Crippen LogP contribution in [0.25, 0.3) is 0 Å². The zero-order valence-electron chi connectivity index (χ0n) is 13.3. The van der Waals surface area contributed by atoms with Crippen molar-refractivity contribution in [2.75, 3.05) is 45.9 Å². The molecule has 3 saturated heterocycles. The first kappa shape index (κ1) is 15.7. The van der Waals surface area contributed by atoms with Gasteiger partial charge in [-0.1, -0.05) is 6.92 Å². The number of fused-ring (bicyclic) bond motifs is 1. The van der Waals surface area contributed by atoms with Gasteiger partial charge in [-0.25, -0.2) is 0 Å². The van der Waals surface area contributed by atoms with E-state index < -0.39 is 11.4 Å². The summed E-state index contributed by atoms with van der Waals surface area (Å²) in [6.45, 7) is 6.42. The SMILES string of the molecule is CC1CCN(CC(=O)N2C[C@@H]3COCC[C@]3(C(=O)O)C2)CC1. The highest BCUT2D eigenvalue weighted by Crippen LogP contribution is 2.42. The summed E-state index contributed by atoms with van der Waals surface area (Å²) in [5, 5.41) is 9.65. The third kappa shape index (κ3) is 2.86. The minimum Gasteiger partial charge on any atom is -0.481 e. The number of nitrogens with zero attached hydrogens (tertiary/aromatic N) is 2. The first-order chi connectivity index (χ1) is 10.5. The number of amides is 1. The van der Waals surface area contributed by atoms with Gasteiger partial charge in [0.1, 0.15) is 0 Å². The second kappa shape index (κ2) is 6.16. The molecule has 3 aliphatic heterocycles. The van der Waals surface area contributed by atoms with Gasteiger partial charge >= 0.3 is 5.97 Å². The minimum absolute atomic E-state index is 0.0657. The van der Waals surface area contributed by atoms with Crippen LogP contribution in [-0.4, -0.2) is 72.7 Å². The number of hydrogen-bond acceptors (Lipinski definition) is 4. The lowest BCUT2D eigenvalue weighted by Gasteiger charge is -2.34. The van der Waals surface area contributed by atoms with Gasteiger partial charge in [0.15, 0.2) is 0 Å². The Labute approximate surface area is 131 Å². The third-order valence-electron chi connectivity index (χ3n) is 5.72. The number of likely N-dealkylation sites (tertiary alicyclic amines) is 2. The van der Waals surface area contributed by atoms with Gasteiger partial charge in [0.05, 0.1) is 18.6 Å². The molecule has 3 fully saturated rings. The molecule has 0 unspecified atom stereocenters. The molecular weight excluding hydrogens is 284 g/mol. The average molecular weight is 310 g/mol. The number of piperidine rings is 1. The fraction of sp³-hybridized carbons (Fsp3) is 0.875. The molecule has 0 aromatic heterocycles. The fourth-order valence-corrected chi connectivity index (χ4v) is 4.00. The molecule has 0 aromatic carbocycles. The predicted molar refractivity (Wildman–Crippen MR) is 80.4 cm³/mol. The molecule has 6 nitrogen and oxygen atoms in total. The quantitative estimate of drug-likeness (QED) is 0.829. The molecule has 1 amide bonds. The number of carboxylic acid groups (broad SMARTS) is 1. The van der Waals surface area contributed by atoms with E-state index in [1.54, 1.807) is 4.90 Å². The summed E-state index contributed by atoms with van der Waals surface area (Å²) in [5.41, 5.74) is -0.787. The van der Waals surface area contributed by atoms with Crippen LogP contribution in [0.3, 0.4) is 0 Å². The first-order valence-corrected chi connectivity index (χ1v) is 8.32. The summed E-state index contributed by atoms with van der Waals surface area (Å²) in [7, 11) is 0. The molecule has 3 aliphatic rings. The van der Waals surface area contributed by atoms with E-state index in [9.17, 15) is 14.7 Å². The minimum atomic E-state index is -0.787. The number of ether oxygens (including phenoxy) is 1. The zero-order chi connectivity index (χ0) is 15.7. The predicted octanol–water partition coefficient (Wildman–Crippen LogP) is 0.668. The van der Waals surface area contributed by atoms with E-state index in [2.05, 4.69) is 11.8 Å². The van der Waals surface area contributed by atoms with Crippen molar-refractivity contribution in [3.05, 3.63) is 0 Å². The number of carboxylic acids is 1. The summed E-state index contributed by atoms with van der Waals surface area (Å²) in [6.07, 6.45) is 2.80. The fourth-order valence-electron chi connectivity index (χ4n) is 4.00. The van der Waals surface area contributed by atoms with E-state index in [-0.39, 0.29) is 11.8 Å². The van der Waals surface area contributed by atoms with Crippen molar-refractivity contribution in [1.29, 1.82) is 0 Å². The van der Waals surface area contributed by atoms with Crippen molar-refractivity contribution in [1.82, 2.24) is 9.80 Å². The van der Waals surface area contributed by atoms with Crippen LogP contribution in [-0.2, 0) is 14.3 Å². The molecule has 124 valence electrons. The lowest BCUT2D eigenvalue weighted by Crippen LogP contribution is -2.46. The van der Waals surface area contributed by atoms with Crippen LogP contribution in [0.2, 0.25) is 0 Å². The highest BCUT2D eigenvalue weighted by molar-refractivity contribution is 5.82. The number of carbonyl (C=O) groups excluding carboxylic acids is 1. The number of carbonyl (C=O) groups is 2. The molecule has 22 heavy (non-hydrogen) atoms. The zero-order valence-corrected chi connectivity index (χ0v) is 13.3. The van der Waals surface area contributed by atoms with Crippen LogP contribution >= 0.6 is 0 Å². The molecule has 0 aliphatic carbocycles. The van der Waals surface area contributed by atoms with Crippen molar-refractivity contribution >= 4 is 11.9 Å². The second-order valence-corrected chi connectivity index (χ2v) is 7.22. The summed E-state index contributed by atoms with van der Waals surface area (Å²) >= 11 is 0. The van der Waals surface area contributed by atoms with Gasteiger partial charge in [0.25, 0.3) is 0 Å². The van der Waals surface area contributed by atoms with Crippen molar-refractivity contribution in [2.24, 2.45) is 17.3 Å². The number of hydrogen-bond donors (Lipinski definition) is 1. The Morgan fingerprint density at radius 3 is 2.68 bits per heavy atom. The number of aliphatic carboxylic acids is 1. The first-order valence-electron chi connectivity index (χ1n) is 8.32. The van der Waals surface area contributed by atoms with Gasteiger partial charge in [0, 0.05) is 25.6 Å². The normalized spacial score (nSPS) is 33.7. The highest BCUT2D eigenvalue weighted by Gasteiger charge is 2.54. The second-order valence-electron chi connectivity index (χ2n) is 7.22. The van der Waals surface area contributed by atoms with Crippen molar-refractivity contribution in [3.8, 4) is 0 Å². The Bertz CT molecular complexity index is 447.